The fraction of sp³-hybridized carbons (Fsp3) is 0.0500. The predicted molar refractivity (Wildman–Crippen MR) is 123 cm³/mol. The number of benzene rings is 3. The average molecular weight is 583 g/mol. The van der Waals surface area contributed by atoms with Gasteiger partial charge in [-0.25, -0.2) is 0 Å². The van der Waals surface area contributed by atoms with Crippen molar-refractivity contribution >= 4 is 86.5 Å². The molecule has 0 aliphatic heterocycles. The number of carbonyl (C=O) groups is 1. The maximum atomic E-state index is 10.5. The number of halogens is 9. The SMILES string of the molecule is Clc1cc(Cl)c([S+](c2ccccc2)c2c(Cl)cc(Cl)cc2Cl)c(Cl)c1.O=C([O-])C(F)(F)F. The second kappa shape index (κ2) is 11.4. The van der Waals surface area contributed by atoms with Crippen molar-refractivity contribution in [2.75, 3.05) is 0 Å². The molecule has 3 aromatic carbocycles. The van der Waals surface area contributed by atoms with E-state index in [2.05, 4.69) is 0 Å². The van der Waals surface area contributed by atoms with Gasteiger partial charge in [-0.1, -0.05) is 87.8 Å². The highest BCUT2D eigenvalue weighted by Gasteiger charge is 2.38. The number of hydrogen-bond acceptors (Lipinski definition) is 2. The van der Waals surface area contributed by atoms with Gasteiger partial charge < -0.3 is 9.90 Å². The Morgan fingerprint density at radius 1 is 0.719 bits per heavy atom. The summed E-state index contributed by atoms with van der Waals surface area (Å²) in [5.74, 6) is -3.01. The molecule has 12 heteroatoms. The fourth-order valence-electron chi connectivity index (χ4n) is 2.34. The third-order valence-corrected chi connectivity index (χ3v) is 8.06. The lowest BCUT2D eigenvalue weighted by atomic mass is 10.3. The second-order valence-electron chi connectivity index (χ2n) is 5.80. The van der Waals surface area contributed by atoms with Crippen molar-refractivity contribution in [2.24, 2.45) is 0 Å². The molecule has 32 heavy (non-hydrogen) atoms. The number of carboxylic acids is 1. The van der Waals surface area contributed by atoms with Gasteiger partial charge in [-0.15, -0.1) is 0 Å². The highest BCUT2D eigenvalue weighted by atomic mass is 35.5. The first-order chi connectivity index (χ1) is 14.8. The molecule has 3 aromatic rings. The molecule has 0 heterocycles. The van der Waals surface area contributed by atoms with Crippen LogP contribution in [0.25, 0.3) is 0 Å². The van der Waals surface area contributed by atoms with E-state index in [1.807, 2.05) is 30.3 Å². The van der Waals surface area contributed by atoms with Gasteiger partial charge in [-0.05, 0) is 36.4 Å². The van der Waals surface area contributed by atoms with E-state index < -0.39 is 23.0 Å². The zero-order valence-corrected chi connectivity index (χ0v) is 20.7. The largest absolute Gasteiger partial charge is 0.542 e. The molecule has 0 atom stereocenters. The van der Waals surface area contributed by atoms with Gasteiger partial charge in [-0.2, -0.15) is 13.2 Å². The smallest absolute Gasteiger partial charge is 0.430 e. The van der Waals surface area contributed by atoms with Crippen LogP contribution in [0.3, 0.4) is 0 Å². The normalized spacial score (nSPS) is 11.2. The van der Waals surface area contributed by atoms with Gasteiger partial charge >= 0.3 is 6.18 Å². The van der Waals surface area contributed by atoms with E-state index in [1.165, 1.54) is 0 Å². The van der Waals surface area contributed by atoms with E-state index in [0.717, 1.165) is 4.90 Å². The fourth-order valence-corrected chi connectivity index (χ4v) is 7.02. The molecule has 0 aliphatic rings. The van der Waals surface area contributed by atoms with Crippen molar-refractivity contribution in [1.29, 1.82) is 0 Å². The zero-order valence-electron chi connectivity index (χ0n) is 15.3. The molecular weight excluding hydrogens is 574 g/mol. The number of carboxylic acid groups (broad SMARTS) is 1. The van der Waals surface area contributed by atoms with Gasteiger partial charge in [0.15, 0.2) is 4.90 Å². The Morgan fingerprint density at radius 3 is 1.31 bits per heavy atom. The number of rotatable bonds is 3. The first kappa shape index (κ1) is 27.3. The van der Waals surface area contributed by atoms with Crippen LogP contribution in [-0.4, -0.2) is 12.1 Å². The molecule has 0 aromatic heterocycles. The van der Waals surface area contributed by atoms with E-state index in [-0.39, 0.29) is 0 Å². The summed E-state index contributed by atoms with van der Waals surface area (Å²) in [6, 6.07) is 16.4. The van der Waals surface area contributed by atoms with E-state index in [0.29, 0.717) is 39.9 Å². The molecule has 0 aliphatic carbocycles. The quantitative estimate of drug-likeness (QED) is 0.294. The minimum absolute atomic E-state index is 0.451. The molecule has 170 valence electrons. The van der Waals surface area contributed by atoms with Crippen LogP contribution < -0.4 is 5.11 Å². The van der Waals surface area contributed by atoms with Crippen LogP contribution in [-0.2, 0) is 15.7 Å². The number of alkyl halides is 3. The highest BCUT2D eigenvalue weighted by Crippen LogP contribution is 2.46. The van der Waals surface area contributed by atoms with Crippen LogP contribution in [0.2, 0.25) is 30.1 Å². The lowest BCUT2D eigenvalue weighted by Gasteiger charge is -2.13. The summed E-state index contributed by atoms with van der Waals surface area (Å²) < 4.78 is 31.5. The molecule has 0 N–H and O–H groups in total. The summed E-state index contributed by atoms with van der Waals surface area (Å²) in [6.07, 6.45) is -5.19. The van der Waals surface area contributed by atoms with Crippen LogP contribution in [0.5, 0.6) is 0 Å². The van der Waals surface area contributed by atoms with Crippen molar-refractivity contribution in [3.05, 3.63) is 84.7 Å². The predicted octanol–water partition coefficient (Wildman–Crippen LogP) is 8.00. The molecule has 0 saturated carbocycles. The van der Waals surface area contributed by atoms with Gasteiger partial charge in [0.05, 0.1) is 20.1 Å². The topological polar surface area (TPSA) is 40.1 Å². The monoisotopic (exact) mass is 580 g/mol. The first-order valence-electron chi connectivity index (χ1n) is 8.19. The molecule has 0 spiro atoms. The van der Waals surface area contributed by atoms with Crippen molar-refractivity contribution < 1.29 is 23.1 Å². The Morgan fingerprint density at radius 2 is 1.03 bits per heavy atom. The van der Waals surface area contributed by atoms with Gasteiger partial charge in [0, 0.05) is 10.0 Å². The maximum absolute atomic E-state index is 10.5. The molecule has 0 radical (unpaired) electrons. The number of hydrogen-bond donors (Lipinski definition) is 0. The molecule has 0 fully saturated rings. The van der Waals surface area contributed by atoms with E-state index in [4.69, 9.17) is 79.5 Å². The summed E-state index contributed by atoms with van der Waals surface area (Å²) in [6.45, 7) is 0. The van der Waals surface area contributed by atoms with E-state index in [1.54, 1.807) is 24.3 Å². The molecule has 0 unspecified atom stereocenters. The first-order valence-corrected chi connectivity index (χ1v) is 11.7. The van der Waals surface area contributed by atoms with Crippen LogP contribution >= 0.6 is 69.6 Å². The van der Waals surface area contributed by atoms with Gasteiger partial charge in [0.2, 0.25) is 9.79 Å². The molecule has 0 saturated heterocycles. The lowest BCUT2D eigenvalue weighted by molar-refractivity contribution is -0.344. The standard InChI is InChI=1S/C18H9Cl6S.C2HF3O2/c19-10-6-13(21)17(14(22)7-10)25(12-4-2-1-3-5-12)18-15(23)8-11(20)9-16(18)24;3-2(4,5)1(6)7/h1-9H;(H,6,7)/q+1;/p-1. The Bertz CT molecular complexity index is 1020. The Hall–Kier alpha value is -0.990. The summed E-state index contributed by atoms with van der Waals surface area (Å²) in [5, 5.41) is 11.5. The Balaban J connectivity index is 0.000000451. The zero-order chi connectivity index (χ0) is 24.2. The van der Waals surface area contributed by atoms with Gasteiger partial charge in [0.1, 0.15) is 16.9 Å². The van der Waals surface area contributed by atoms with Crippen molar-refractivity contribution in [1.82, 2.24) is 0 Å². The molecular formula is C20H9Cl6F3O2S. The summed E-state index contributed by atoms with van der Waals surface area (Å²) >= 11 is 38.1. The maximum Gasteiger partial charge on any atom is 0.430 e. The van der Waals surface area contributed by atoms with E-state index in [9.17, 15) is 13.2 Å². The number of aliphatic carboxylic acids is 1. The van der Waals surface area contributed by atoms with Crippen molar-refractivity contribution in [2.45, 2.75) is 20.9 Å². The van der Waals surface area contributed by atoms with Crippen LogP contribution in [0, 0.1) is 0 Å². The third kappa shape index (κ3) is 7.00. The lowest BCUT2D eigenvalue weighted by Crippen LogP contribution is -2.37. The second-order valence-corrected chi connectivity index (χ2v) is 10.2. The number of carbonyl (C=O) groups excluding carboxylic acids is 1. The van der Waals surface area contributed by atoms with Crippen molar-refractivity contribution in [3.63, 3.8) is 0 Å². The Kier molecular flexibility index (Phi) is 9.73. The summed E-state index contributed by atoms with van der Waals surface area (Å²) in [7, 11) is -0.723. The van der Waals surface area contributed by atoms with Gasteiger partial charge in [0.25, 0.3) is 0 Å². The van der Waals surface area contributed by atoms with Crippen LogP contribution in [0.4, 0.5) is 13.2 Å². The minimum atomic E-state index is -5.19. The van der Waals surface area contributed by atoms with E-state index >= 15 is 0 Å². The molecule has 3 rings (SSSR count). The minimum Gasteiger partial charge on any atom is -0.542 e. The average Bonchev–Trinajstić information content (AvgIpc) is 2.65. The molecule has 0 bridgehead atoms. The van der Waals surface area contributed by atoms with Crippen LogP contribution in [0.15, 0.2) is 69.3 Å². The summed E-state index contributed by atoms with van der Waals surface area (Å²) in [5.41, 5.74) is 0. The highest BCUT2D eigenvalue weighted by molar-refractivity contribution is 7.97. The van der Waals surface area contributed by atoms with Crippen LogP contribution in [0.1, 0.15) is 0 Å². The molecule has 2 nitrogen and oxygen atoms in total. The summed E-state index contributed by atoms with van der Waals surface area (Å²) in [4.78, 5) is 11.2. The Labute approximate surface area is 214 Å². The molecule has 0 amide bonds. The third-order valence-electron chi connectivity index (χ3n) is 3.54. The van der Waals surface area contributed by atoms with Crippen molar-refractivity contribution in [3.8, 4) is 0 Å². The van der Waals surface area contributed by atoms with Gasteiger partial charge in [-0.3, -0.25) is 0 Å².